The predicted octanol–water partition coefficient (Wildman–Crippen LogP) is 1.30. The molecule has 2 rings (SSSR count). The van der Waals surface area contributed by atoms with E-state index in [9.17, 15) is 10.4 Å². The molecule has 1 aliphatic rings. The molecule has 24 heavy (non-hydrogen) atoms. The third-order valence-electron chi connectivity index (χ3n) is 4.12. The highest BCUT2D eigenvalue weighted by Gasteiger charge is 2.20. The van der Waals surface area contributed by atoms with Crippen molar-refractivity contribution in [2.24, 2.45) is 0 Å². The average molecular weight is 329 g/mol. The van der Waals surface area contributed by atoms with E-state index in [1.807, 2.05) is 11.5 Å². The number of hydroxylamine groups is 2. The van der Waals surface area contributed by atoms with Crippen molar-refractivity contribution in [1.29, 1.82) is 0 Å². The maximum absolute atomic E-state index is 11.1. The van der Waals surface area contributed by atoms with Crippen LogP contribution in [-0.2, 0) is 6.54 Å². The van der Waals surface area contributed by atoms with Crippen molar-refractivity contribution in [2.75, 3.05) is 13.1 Å². The minimum absolute atomic E-state index is 0.241. The van der Waals surface area contributed by atoms with Crippen LogP contribution in [0.15, 0.2) is 66.7 Å². The number of quaternary nitrogens is 1. The van der Waals surface area contributed by atoms with Gasteiger partial charge in [0.25, 0.3) is 0 Å². The Morgan fingerprint density at radius 1 is 1.25 bits per heavy atom. The molecule has 1 heterocycles. The smallest absolute Gasteiger partial charge is 0.118 e. The molecule has 0 bridgehead atoms. The zero-order chi connectivity index (χ0) is 17.2. The summed E-state index contributed by atoms with van der Waals surface area (Å²) in [5, 5.41) is 25.2. The summed E-state index contributed by atoms with van der Waals surface area (Å²) in [7, 11) is 0. The molecule has 0 aromatic heterocycles. The highest BCUT2D eigenvalue weighted by atomic mass is 16.5. The van der Waals surface area contributed by atoms with Crippen molar-refractivity contribution >= 4 is 0 Å². The molecule has 0 radical (unpaired) electrons. The molecule has 0 spiro atoms. The fourth-order valence-electron chi connectivity index (χ4n) is 2.88. The number of rotatable bonds is 8. The molecule has 0 amide bonds. The Morgan fingerprint density at radius 2 is 1.96 bits per heavy atom. The second kappa shape index (κ2) is 9.89. The van der Waals surface area contributed by atoms with E-state index in [1.165, 1.54) is 17.8 Å². The minimum Gasteiger partial charge on any atom is -0.761 e. The van der Waals surface area contributed by atoms with Gasteiger partial charge in [-0.15, -0.1) is 0 Å². The van der Waals surface area contributed by atoms with Crippen LogP contribution in [0.3, 0.4) is 0 Å². The standard InChI is InChI=1S/C18H25N4O2/c1-2-6-17(21-24)18(13-19-23)20-16-9-11-22(12-10-16)14-15-7-4-3-5-8-15/h2-8,13,16,20-21H,1,9-12,14,19H2/q-1/b17-6+,18-13+. The van der Waals surface area contributed by atoms with E-state index in [-0.39, 0.29) is 6.04 Å². The van der Waals surface area contributed by atoms with Crippen LogP contribution in [-0.4, -0.2) is 24.0 Å². The molecule has 0 atom stereocenters. The predicted molar refractivity (Wildman–Crippen MR) is 96.0 cm³/mol. The molecule has 1 fully saturated rings. The van der Waals surface area contributed by atoms with Crippen molar-refractivity contribution < 1.29 is 5.48 Å². The van der Waals surface area contributed by atoms with Gasteiger partial charge in [0.2, 0.25) is 0 Å². The molecule has 6 heteroatoms. The molecule has 1 aromatic carbocycles. The Labute approximate surface area is 143 Å². The van der Waals surface area contributed by atoms with E-state index in [1.54, 1.807) is 6.08 Å². The molecule has 0 unspecified atom stereocenters. The quantitative estimate of drug-likeness (QED) is 0.494. The van der Waals surface area contributed by atoms with Crippen LogP contribution >= 0.6 is 0 Å². The Morgan fingerprint density at radius 3 is 2.54 bits per heavy atom. The average Bonchev–Trinajstić information content (AvgIpc) is 2.62. The van der Waals surface area contributed by atoms with Crippen molar-refractivity contribution in [2.45, 2.75) is 25.4 Å². The number of benzene rings is 1. The van der Waals surface area contributed by atoms with E-state index in [0.717, 1.165) is 32.5 Å². The van der Waals surface area contributed by atoms with Crippen LogP contribution in [0.1, 0.15) is 18.4 Å². The third-order valence-corrected chi connectivity index (χ3v) is 4.12. The minimum atomic E-state index is 0.241. The largest absolute Gasteiger partial charge is 0.761 e. The number of piperidine rings is 1. The lowest BCUT2D eigenvalue weighted by atomic mass is 10.0. The van der Waals surface area contributed by atoms with Crippen molar-refractivity contribution in [1.82, 2.24) is 15.7 Å². The highest BCUT2D eigenvalue weighted by molar-refractivity contribution is 5.30. The van der Waals surface area contributed by atoms with Gasteiger partial charge in [-0.2, -0.15) is 0 Å². The van der Waals surface area contributed by atoms with Crippen molar-refractivity contribution in [3.63, 3.8) is 0 Å². The topological polar surface area (TPSA) is 90.0 Å². The van der Waals surface area contributed by atoms with Gasteiger partial charge in [0, 0.05) is 25.7 Å². The summed E-state index contributed by atoms with van der Waals surface area (Å²) >= 11 is 0. The highest BCUT2D eigenvalue weighted by Crippen LogP contribution is 2.16. The van der Waals surface area contributed by atoms with Crippen molar-refractivity contribution in [3.8, 4) is 0 Å². The van der Waals surface area contributed by atoms with Crippen LogP contribution in [0.4, 0.5) is 0 Å². The van der Waals surface area contributed by atoms with E-state index in [0.29, 0.717) is 16.9 Å². The summed E-state index contributed by atoms with van der Waals surface area (Å²) in [4.78, 5) is 2.42. The first kappa shape index (κ1) is 18.2. The summed E-state index contributed by atoms with van der Waals surface area (Å²) in [6.07, 6.45) is 6.37. The van der Waals surface area contributed by atoms with Crippen LogP contribution in [0.5, 0.6) is 0 Å². The summed E-state index contributed by atoms with van der Waals surface area (Å²) in [5.74, 6) is 0. The molecule has 0 saturated carbocycles. The monoisotopic (exact) mass is 329 g/mol. The van der Waals surface area contributed by atoms with E-state index < -0.39 is 0 Å². The zero-order valence-electron chi connectivity index (χ0n) is 13.8. The number of hydrogen-bond donors (Lipinski definition) is 3. The number of nitrogens with one attached hydrogen (secondary N) is 2. The van der Waals surface area contributed by atoms with E-state index in [4.69, 9.17) is 0 Å². The van der Waals surface area contributed by atoms with Crippen LogP contribution < -0.4 is 16.3 Å². The van der Waals surface area contributed by atoms with E-state index in [2.05, 4.69) is 41.1 Å². The number of hydrogen-bond acceptors (Lipinski definition) is 5. The SMILES string of the molecule is C=C/C=C(N[O-])\C(=C/[NH2+][O-])NC1CCN(Cc2ccccc2)CC1. The maximum Gasteiger partial charge on any atom is 0.118 e. The van der Waals surface area contributed by atoms with Crippen LogP contribution in [0.25, 0.3) is 0 Å². The maximum atomic E-state index is 11.1. The molecule has 6 nitrogen and oxygen atoms in total. The van der Waals surface area contributed by atoms with Gasteiger partial charge in [0.1, 0.15) is 11.9 Å². The molecule has 4 N–H and O–H groups in total. The van der Waals surface area contributed by atoms with Crippen LogP contribution in [0.2, 0.25) is 0 Å². The molecule has 1 aromatic rings. The first-order valence-electron chi connectivity index (χ1n) is 8.16. The first-order chi connectivity index (χ1) is 11.8. The Kier molecular flexibility index (Phi) is 7.51. The normalized spacial score (nSPS) is 17.6. The number of nitrogens with two attached hydrogens (primary N) is 1. The van der Waals surface area contributed by atoms with Gasteiger partial charge >= 0.3 is 0 Å². The van der Waals surface area contributed by atoms with Gasteiger partial charge < -0.3 is 26.7 Å². The fraction of sp³-hybridized carbons (Fsp3) is 0.333. The summed E-state index contributed by atoms with van der Waals surface area (Å²) in [5.41, 5.74) is 4.70. The van der Waals surface area contributed by atoms with Gasteiger partial charge in [0.05, 0.1) is 5.70 Å². The van der Waals surface area contributed by atoms with Crippen LogP contribution in [0, 0.1) is 10.4 Å². The molecular weight excluding hydrogens is 304 g/mol. The van der Waals surface area contributed by atoms with Gasteiger partial charge in [-0.1, -0.05) is 43.0 Å². The lowest BCUT2D eigenvalue weighted by Crippen LogP contribution is -2.71. The third kappa shape index (κ3) is 5.50. The summed E-state index contributed by atoms with van der Waals surface area (Å²) < 4.78 is 0. The summed E-state index contributed by atoms with van der Waals surface area (Å²) in [6.45, 7) is 6.49. The van der Waals surface area contributed by atoms with E-state index >= 15 is 0 Å². The number of likely N-dealkylation sites (tertiary alicyclic amines) is 1. The Balaban J connectivity index is 1.88. The zero-order valence-corrected chi connectivity index (χ0v) is 13.8. The fourth-order valence-corrected chi connectivity index (χ4v) is 2.88. The molecule has 0 aliphatic carbocycles. The molecule has 1 saturated heterocycles. The van der Waals surface area contributed by atoms with Gasteiger partial charge in [0.15, 0.2) is 0 Å². The molecule has 1 aliphatic heterocycles. The van der Waals surface area contributed by atoms with Gasteiger partial charge in [-0.25, -0.2) is 0 Å². The number of nitrogens with zero attached hydrogens (tertiary/aromatic N) is 1. The number of allylic oxidation sites excluding steroid dienone is 2. The lowest BCUT2D eigenvalue weighted by Gasteiger charge is -2.33. The first-order valence-corrected chi connectivity index (χ1v) is 8.16. The lowest BCUT2D eigenvalue weighted by molar-refractivity contribution is -0.515. The Hall–Kier alpha value is -2.12. The van der Waals surface area contributed by atoms with Gasteiger partial charge in [-0.3, -0.25) is 4.90 Å². The molecular formula is C18H25N4O2-. The second-order valence-electron chi connectivity index (χ2n) is 5.81. The van der Waals surface area contributed by atoms with Gasteiger partial charge in [-0.05, 0) is 24.5 Å². The Bertz CT molecular complexity index is 564. The second-order valence-corrected chi connectivity index (χ2v) is 5.81. The van der Waals surface area contributed by atoms with Crippen molar-refractivity contribution in [3.05, 3.63) is 82.6 Å². The molecule has 130 valence electrons. The summed E-state index contributed by atoms with van der Waals surface area (Å²) in [6, 6.07) is 10.7.